The van der Waals surface area contributed by atoms with E-state index in [9.17, 15) is 9.59 Å². The van der Waals surface area contributed by atoms with Crippen molar-refractivity contribution in [2.75, 3.05) is 23.1 Å². The Bertz CT molecular complexity index is 1320. The Morgan fingerprint density at radius 2 is 1.79 bits per heavy atom. The molecule has 0 fully saturated rings. The molecule has 4 rings (SSSR count). The molecule has 3 N–H and O–H groups in total. The number of benzene rings is 2. The highest BCUT2D eigenvalue weighted by molar-refractivity contribution is 7.22. The fourth-order valence-corrected chi connectivity index (χ4v) is 4.02. The van der Waals surface area contributed by atoms with Gasteiger partial charge in [0.1, 0.15) is 11.5 Å². The minimum Gasteiger partial charge on any atom is -0.497 e. The summed E-state index contributed by atoms with van der Waals surface area (Å²) in [7, 11) is 1.61. The Balaban J connectivity index is 1.30. The van der Waals surface area contributed by atoms with E-state index >= 15 is 0 Å². The van der Waals surface area contributed by atoms with Gasteiger partial charge in [-0.2, -0.15) is 0 Å². The van der Waals surface area contributed by atoms with E-state index in [1.165, 1.54) is 11.3 Å². The fourth-order valence-electron chi connectivity index (χ4n) is 3.11. The molecule has 10 heteroatoms. The number of fused-ring (bicyclic) bond motifs is 1. The van der Waals surface area contributed by atoms with Gasteiger partial charge < -0.3 is 19.9 Å². The van der Waals surface area contributed by atoms with Gasteiger partial charge in [-0.1, -0.05) is 49.4 Å². The highest BCUT2D eigenvalue weighted by atomic mass is 32.1. The zero-order valence-corrected chi connectivity index (χ0v) is 20.1. The van der Waals surface area contributed by atoms with Crippen molar-refractivity contribution in [2.45, 2.75) is 32.6 Å². The molecule has 2 heterocycles. The second-order valence-electron chi connectivity index (χ2n) is 8.68. The van der Waals surface area contributed by atoms with Gasteiger partial charge in [-0.3, -0.25) is 10.1 Å². The Labute approximate surface area is 200 Å². The van der Waals surface area contributed by atoms with Crippen LogP contribution in [0.25, 0.3) is 10.2 Å². The molecule has 0 saturated heterocycles. The van der Waals surface area contributed by atoms with Crippen LogP contribution in [0.5, 0.6) is 5.75 Å². The summed E-state index contributed by atoms with van der Waals surface area (Å²) in [5.41, 5.74) is 1.99. The van der Waals surface area contributed by atoms with Crippen molar-refractivity contribution in [1.29, 1.82) is 0 Å². The van der Waals surface area contributed by atoms with Crippen LogP contribution in [0.3, 0.4) is 0 Å². The number of thiazole rings is 1. The van der Waals surface area contributed by atoms with Crippen LogP contribution in [-0.2, 0) is 16.6 Å². The van der Waals surface area contributed by atoms with Gasteiger partial charge in [0.2, 0.25) is 5.91 Å². The van der Waals surface area contributed by atoms with E-state index in [-0.39, 0.29) is 17.7 Å². The first kappa shape index (κ1) is 23.2. The smallest absolute Gasteiger partial charge is 0.324 e. The first-order valence-corrected chi connectivity index (χ1v) is 11.4. The summed E-state index contributed by atoms with van der Waals surface area (Å²) in [6.45, 7) is 5.99. The number of carbonyl (C=O) groups is 2. The van der Waals surface area contributed by atoms with Crippen LogP contribution >= 0.6 is 11.3 Å². The number of methoxy groups -OCH3 is 1. The van der Waals surface area contributed by atoms with Crippen molar-refractivity contribution in [3.8, 4) is 5.75 Å². The van der Waals surface area contributed by atoms with E-state index in [1.54, 1.807) is 37.4 Å². The number of anilines is 3. The van der Waals surface area contributed by atoms with Crippen LogP contribution in [-0.4, -0.2) is 29.2 Å². The molecule has 0 radical (unpaired) electrons. The van der Waals surface area contributed by atoms with Crippen molar-refractivity contribution >= 4 is 50.1 Å². The number of carbonyl (C=O) groups excluding carboxylic acids is 2. The zero-order valence-electron chi connectivity index (χ0n) is 19.3. The zero-order chi connectivity index (χ0) is 24.3. The molecular weight excluding hydrogens is 454 g/mol. The third-order valence-corrected chi connectivity index (χ3v) is 5.84. The van der Waals surface area contributed by atoms with Gasteiger partial charge in [0.25, 0.3) is 0 Å². The lowest BCUT2D eigenvalue weighted by Crippen LogP contribution is -2.19. The summed E-state index contributed by atoms with van der Waals surface area (Å²) >= 11 is 1.39. The summed E-state index contributed by atoms with van der Waals surface area (Å²) in [4.78, 5) is 29.1. The molecule has 3 amide bonds. The van der Waals surface area contributed by atoms with Gasteiger partial charge in [-0.05, 0) is 35.9 Å². The van der Waals surface area contributed by atoms with E-state index < -0.39 is 6.03 Å². The van der Waals surface area contributed by atoms with Gasteiger partial charge in [-0.25, -0.2) is 9.78 Å². The van der Waals surface area contributed by atoms with Crippen molar-refractivity contribution in [1.82, 2.24) is 10.1 Å². The van der Waals surface area contributed by atoms with Crippen LogP contribution in [0.15, 0.2) is 53.1 Å². The van der Waals surface area contributed by atoms with Crippen LogP contribution < -0.4 is 20.7 Å². The van der Waals surface area contributed by atoms with E-state index in [1.807, 2.05) is 39.0 Å². The standard InChI is InChI=1S/C24H25N5O4S/c1-24(2,3)19-13-20(29-33-19)27-22(31)25-15-7-5-14(6-8-15)11-21(30)28-23-26-17-10-9-16(32-4)12-18(17)34-23/h5-10,12-13H,11H2,1-4H3,(H,26,28,30)(H2,25,27,29,31). The fraction of sp³-hybridized carbons (Fsp3) is 0.250. The molecule has 176 valence electrons. The van der Waals surface area contributed by atoms with E-state index in [2.05, 4.69) is 26.1 Å². The summed E-state index contributed by atoms with van der Waals surface area (Å²) < 4.78 is 11.4. The highest BCUT2D eigenvalue weighted by Crippen LogP contribution is 2.29. The third-order valence-electron chi connectivity index (χ3n) is 4.91. The largest absolute Gasteiger partial charge is 0.497 e. The maximum atomic E-state index is 12.5. The number of hydrogen-bond donors (Lipinski definition) is 3. The maximum absolute atomic E-state index is 12.5. The monoisotopic (exact) mass is 479 g/mol. The molecule has 2 aromatic carbocycles. The molecule has 0 saturated carbocycles. The molecule has 4 aromatic rings. The predicted octanol–water partition coefficient (Wildman–Crippen LogP) is 5.42. The number of ether oxygens (including phenoxy) is 1. The van der Waals surface area contributed by atoms with E-state index in [0.717, 1.165) is 21.5 Å². The molecule has 9 nitrogen and oxygen atoms in total. The number of nitrogens with zero attached hydrogens (tertiary/aromatic N) is 2. The number of rotatable bonds is 6. The number of aromatic nitrogens is 2. The van der Waals surface area contributed by atoms with Gasteiger partial charge in [0.15, 0.2) is 10.9 Å². The number of urea groups is 1. The summed E-state index contributed by atoms with van der Waals surface area (Å²) in [5.74, 6) is 1.58. The number of hydrogen-bond acceptors (Lipinski definition) is 7. The molecule has 34 heavy (non-hydrogen) atoms. The Morgan fingerprint density at radius 1 is 1.03 bits per heavy atom. The summed E-state index contributed by atoms with van der Waals surface area (Å²) in [6.07, 6.45) is 0.181. The molecule has 0 aliphatic rings. The molecule has 0 aliphatic heterocycles. The molecular formula is C24H25N5O4S. The lowest BCUT2D eigenvalue weighted by atomic mass is 9.93. The van der Waals surface area contributed by atoms with Crippen molar-refractivity contribution in [3.05, 3.63) is 59.9 Å². The van der Waals surface area contributed by atoms with Crippen LogP contribution in [0.1, 0.15) is 32.1 Å². The second kappa shape index (κ2) is 9.52. The van der Waals surface area contributed by atoms with Crippen LogP contribution in [0, 0.1) is 0 Å². The van der Waals surface area contributed by atoms with E-state index in [4.69, 9.17) is 9.26 Å². The normalized spacial score (nSPS) is 11.3. The summed E-state index contributed by atoms with van der Waals surface area (Å²) in [6, 6.07) is 13.9. The van der Waals surface area contributed by atoms with Gasteiger partial charge in [-0.15, -0.1) is 0 Å². The quantitative estimate of drug-likeness (QED) is 0.340. The third kappa shape index (κ3) is 5.70. The summed E-state index contributed by atoms with van der Waals surface area (Å²) in [5, 5.41) is 12.6. The topological polar surface area (TPSA) is 118 Å². The van der Waals surface area contributed by atoms with Gasteiger partial charge >= 0.3 is 6.03 Å². The molecule has 0 unspecified atom stereocenters. The average Bonchev–Trinajstić information content (AvgIpc) is 3.40. The lowest BCUT2D eigenvalue weighted by molar-refractivity contribution is -0.115. The van der Waals surface area contributed by atoms with E-state index in [0.29, 0.717) is 22.4 Å². The molecule has 0 atom stereocenters. The minimum absolute atomic E-state index is 0.176. The lowest BCUT2D eigenvalue weighted by Gasteiger charge is -2.12. The SMILES string of the molecule is COc1ccc2nc(NC(=O)Cc3ccc(NC(=O)Nc4cc(C(C)(C)C)on4)cc3)sc2c1. The number of nitrogens with one attached hydrogen (secondary N) is 3. The van der Waals surface area contributed by atoms with Crippen LogP contribution in [0.4, 0.5) is 21.4 Å². The average molecular weight is 480 g/mol. The van der Waals surface area contributed by atoms with Crippen molar-refractivity contribution in [2.24, 2.45) is 0 Å². The van der Waals surface area contributed by atoms with Gasteiger partial charge in [0, 0.05) is 17.2 Å². The van der Waals surface area contributed by atoms with Crippen LogP contribution in [0.2, 0.25) is 0 Å². The Kier molecular flexibility index (Phi) is 6.51. The Hall–Kier alpha value is -3.92. The molecule has 0 spiro atoms. The number of amides is 3. The highest BCUT2D eigenvalue weighted by Gasteiger charge is 2.20. The minimum atomic E-state index is -0.438. The van der Waals surface area contributed by atoms with Gasteiger partial charge in [0.05, 0.1) is 23.7 Å². The molecule has 0 aliphatic carbocycles. The Morgan fingerprint density at radius 3 is 2.47 bits per heavy atom. The molecule has 0 bridgehead atoms. The maximum Gasteiger partial charge on any atom is 0.324 e. The predicted molar refractivity (Wildman–Crippen MR) is 133 cm³/mol. The van der Waals surface area contributed by atoms with Crippen molar-refractivity contribution < 1.29 is 18.8 Å². The first-order chi connectivity index (χ1) is 16.2. The molecule has 2 aromatic heterocycles. The second-order valence-corrected chi connectivity index (χ2v) is 9.71. The first-order valence-electron chi connectivity index (χ1n) is 10.6. The van der Waals surface area contributed by atoms with Crippen molar-refractivity contribution in [3.63, 3.8) is 0 Å².